The van der Waals surface area contributed by atoms with Gasteiger partial charge >= 0.3 is 6.03 Å². The monoisotopic (exact) mass is 564 g/mol. The Kier molecular flexibility index (Phi) is 6.41. The summed E-state index contributed by atoms with van der Waals surface area (Å²) in [5, 5.41) is 17.1. The van der Waals surface area contributed by atoms with Crippen molar-refractivity contribution < 1.29 is 31.8 Å². The molecule has 11 nitrogen and oxygen atoms in total. The Bertz CT molecular complexity index is 1430. The minimum absolute atomic E-state index is 0.0725. The van der Waals surface area contributed by atoms with Gasteiger partial charge in [0.25, 0.3) is 11.8 Å². The number of aromatic nitrogens is 5. The number of halogens is 4. The summed E-state index contributed by atoms with van der Waals surface area (Å²) >= 11 is 0. The fourth-order valence-electron chi connectivity index (χ4n) is 5.48. The van der Waals surface area contributed by atoms with E-state index in [4.69, 9.17) is 4.63 Å². The number of rotatable bonds is 7. The molecule has 3 aromatic heterocycles. The topological polar surface area (TPSA) is 131 Å². The predicted octanol–water partition coefficient (Wildman–Crippen LogP) is 4.01. The average Bonchev–Trinajstić information content (AvgIpc) is 3.48. The Morgan fingerprint density at radius 2 is 1.90 bits per heavy atom. The van der Waals surface area contributed by atoms with Crippen molar-refractivity contribution in [2.24, 2.45) is 5.92 Å². The molecule has 3 fully saturated rings. The molecule has 1 aliphatic heterocycles. The predicted molar refractivity (Wildman–Crippen MR) is 130 cm³/mol. The zero-order valence-corrected chi connectivity index (χ0v) is 21.6. The highest BCUT2D eigenvalue weighted by atomic mass is 19.3. The van der Waals surface area contributed by atoms with Gasteiger partial charge in [-0.1, -0.05) is 5.16 Å². The minimum Gasteiger partial charge on any atom is -0.342 e. The molecule has 2 aliphatic carbocycles. The normalized spacial score (nSPS) is 22.6. The van der Waals surface area contributed by atoms with E-state index in [1.54, 1.807) is 19.2 Å². The van der Waals surface area contributed by atoms with Crippen LogP contribution in [-0.2, 0) is 0 Å². The number of hydrogen-bond acceptors (Lipinski definition) is 7. The van der Waals surface area contributed by atoms with Crippen LogP contribution < -0.4 is 10.6 Å². The molecule has 0 aromatic carbocycles. The molecular formula is C25H28F4N8O3. The molecule has 2 N–H and O–H groups in total. The molecule has 214 valence electrons. The van der Waals surface area contributed by atoms with Gasteiger partial charge in [0, 0.05) is 18.8 Å². The van der Waals surface area contributed by atoms with Gasteiger partial charge in [-0.3, -0.25) is 4.79 Å². The summed E-state index contributed by atoms with van der Waals surface area (Å²) in [4.78, 5) is 31.2. The minimum atomic E-state index is -3.07. The summed E-state index contributed by atoms with van der Waals surface area (Å²) in [6.07, 6.45) is 4.56. The number of amides is 3. The number of fused-ring (bicyclic) bond motifs is 1. The van der Waals surface area contributed by atoms with E-state index in [1.807, 2.05) is 0 Å². The van der Waals surface area contributed by atoms with Crippen molar-refractivity contribution in [1.82, 2.24) is 40.4 Å². The molecular weight excluding hydrogens is 536 g/mol. The number of urea groups is 1. The lowest BCUT2D eigenvalue weighted by Crippen LogP contribution is -2.57. The summed E-state index contributed by atoms with van der Waals surface area (Å²) in [5.41, 5.74) is 1.80. The Morgan fingerprint density at radius 3 is 2.62 bits per heavy atom. The first kappa shape index (κ1) is 26.4. The fourth-order valence-corrected chi connectivity index (χ4v) is 5.48. The Labute approximate surface area is 225 Å². The Balaban J connectivity index is 1.28. The van der Waals surface area contributed by atoms with E-state index < -0.39 is 49.0 Å². The third kappa shape index (κ3) is 5.20. The summed E-state index contributed by atoms with van der Waals surface area (Å²) in [6.45, 7) is 0.167. The molecule has 15 heteroatoms. The number of carbonyl (C=O) groups excluding carboxylic acids is 2. The molecule has 0 bridgehead atoms. The van der Waals surface area contributed by atoms with E-state index in [0.29, 0.717) is 22.6 Å². The number of nitrogens with zero attached hydrogens (tertiary/aromatic N) is 6. The maximum atomic E-state index is 14.0. The van der Waals surface area contributed by atoms with Crippen molar-refractivity contribution in [2.75, 3.05) is 13.1 Å². The van der Waals surface area contributed by atoms with Crippen LogP contribution in [0.15, 0.2) is 23.1 Å². The largest absolute Gasteiger partial charge is 0.342 e. The van der Waals surface area contributed by atoms with Crippen LogP contribution >= 0.6 is 0 Å². The van der Waals surface area contributed by atoms with Crippen LogP contribution in [0.5, 0.6) is 0 Å². The molecule has 0 spiro atoms. The number of carbonyl (C=O) groups is 2. The number of hydrogen-bond donors (Lipinski definition) is 2. The molecule has 4 heterocycles. The zero-order chi connectivity index (χ0) is 28.2. The molecule has 40 heavy (non-hydrogen) atoms. The quantitative estimate of drug-likeness (QED) is 0.415. The SMILES string of the molecule is CC(c1cnn2cc(C(NC(=O)c3nonc3C3CC3)C3CCC(F)(F)CC3)nc2c1)N1CC(F)(F)CNC1=O. The lowest BCUT2D eigenvalue weighted by Gasteiger charge is -2.36. The van der Waals surface area contributed by atoms with Crippen molar-refractivity contribution in [1.29, 1.82) is 0 Å². The molecule has 3 aliphatic rings. The van der Waals surface area contributed by atoms with Gasteiger partial charge in [-0.15, -0.1) is 0 Å². The second-order valence-corrected chi connectivity index (χ2v) is 11.0. The highest BCUT2D eigenvalue weighted by Crippen LogP contribution is 2.43. The summed E-state index contributed by atoms with van der Waals surface area (Å²) in [6, 6.07) is -0.420. The molecule has 3 amide bonds. The third-order valence-electron chi connectivity index (χ3n) is 8.00. The maximum absolute atomic E-state index is 14.0. The van der Waals surface area contributed by atoms with E-state index in [-0.39, 0.29) is 43.2 Å². The van der Waals surface area contributed by atoms with E-state index >= 15 is 0 Å². The summed E-state index contributed by atoms with van der Waals surface area (Å²) in [5.74, 6) is -6.57. The van der Waals surface area contributed by atoms with Gasteiger partial charge in [0.2, 0.25) is 5.92 Å². The van der Waals surface area contributed by atoms with Crippen LogP contribution in [0.25, 0.3) is 5.65 Å². The molecule has 3 aromatic rings. The second-order valence-electron chi connectivity index (χ2n) is 11.0. The van der Waals surface area contributed by atoms with Crippen LogP contribution in [0.1, 0.15) is 90.9 Å². The van der Waals surface area contributed by atoms with Gasteiger partial charge in [0.1, 0.15) is 5.69 Å². The molecule has 2 saturated carbocycles. The lowest BCUT2D eigenvalue weighted by atomic mass is 9.81. The van der Waals surface area contributed by atoms with Gasteiger partial charge < -0.3 is 15.5 Å². The fraction of sp³-hybridized carbons (Fsp3) is 0.600. The number of alkyl halides is 4. The average molecular weight is 565 g/mol. The van der Waals surface area contributed by atoms with Crippen molar-refractivity contribution in [2.45, 2.75) is 75.3 Å². The van der Waals surface area contributed by atoms with Crippen LogP contribution in [-0.4, -0.2) is 66.7 Å². The zero-order valence-electron chi connectivity index (χ0n) is 21.6. The molecule has 0 radical (unpaired) electrons. The van der Waals surface area contributed by atoms with Crippen molar-refractivity contribution in [3.8, 4) is 0 Å². The smallest absolute Gasteiger partial charge is 0.318 e. The van der Waals surface area contributed by atoms with E-state index in [1.165, 1.54) is 10.7 Å². The van der Waals surface area contributed by atoms with Crippen molar-refractivity contribution in [3.63, 3.8) is 0 Å². The third-order valence-corrected chi connectivity index (χ3v) is 8.00. The Morgan fingerprint density at radius 1 is 1.15 bits per heavy atom. The van der Waals surface area contributed by atoms with Crippen LogP contribution in [0, 0.1) is 5.92 Å². The highest BCUT2D eigenvalue weighted by molar-refractivity contribution is 5.93. The maximum Gasteiger partial charge on any atom is 0.318 e. The highest BCUT2D eigenvalue weighted by Gasteiger charge is 2.42. The van der Waals surface area contributed by atoms with Crippen molar-refractivity contribution in [3.05, 3.63) is 41.1 Å². The lowest BCUT2D eigenvalue weighted by molar-refractivity contribution is -0.0495. The van der Waals surface area contributed by atoms with Gasteiger partial charge in [0.15, 0.2) is 11.3 Å². The van der Waals surface area contributed by atoms with Crippen LogP contribution in [0.2, 0.25) is 0 Å². The van der Waals surface area contributed by atoms with E-state index in [9.17, 15) is 27.2 Å². The van der Waals surface area contributed by atoms with E-state index in [2.05, 4.69) is 31.0 Å². The first-order valence-electron chi connectivity index (χ1n) is 13.3. The second kappa shape index (κ2) is 9.70. The first-order chi connectivity index (χ1) is 19.0. The summed E-state index contributed by atoms with van der Waals surface area (Å²) < 4.78 is 62.1. The number of nitrogens with one attached hydrogen (secondary N) is 2. The molecule has 2 atom stereocenters. The van der Waals surface area contributed by atoms with Gasteiger partial charge in [-0.25, -0.2) is 36.5 Å². The van der Waals surface area contributed by atoms with Crippen LogP contribution in [0.3, 0.4) is 0 Å². The summed E-state index contributed by atoms with van der Waals surface area (Å²) in [7, 11) is 0. The number of imidazole rings is 1. The van der Waals surface area contributed by atoms with Crippen LogP contribution in [0.4, 0.5) is 22.4 Å². The molecule has 1 saturated heterocycles. The van der Waals surface area contributed by atoms with Gasteiger partial charge in [-0.05, 0) is 55.3 Å². The first-order valence-corrected chi connectivity index (χ1v) is 13.3. The standard InChI is InChI=1S/C25H28F4N8O3/c1-13(36-12-25(28,29)11-30-23(36)39)16-8-18-32-17(10-37(18)31-9-16)19(15-4-6-24(26,27)7-5-15)33-22(38)21-20(14-2-3-14)34-40-35-21/h8-10,13-15,19H,2-7,11-12H2,1H3,(H,30,39)(H,33,38). The Hall–Kier alpha value is -3.78. The molecule has 6 rings (SSSR count). The van der Waals surface area contributed by atoms with E-state index in [0.717, 1.165) is 17.7 Å². The van der Waals surface area contributed by atoms with Crippen molar-refractivity contribution >= 4 is 17.6 Å². The molecule has 2 unspecified atom stereocenters. The van der Waals surface area contributed by atoms with Gasteiger partial charge in [0.05, 0.1) is 43.3 Å². The van der Waals surface area contributed by atoms with Gasteiger partial charge in [-0.2, -0.15) is 5.10 Å².